The second-order valence-electron chi connectivity index (χ2n) is 4.44. The van der Waals surface area contributed by atoms with Gasteiger partial charge < -0.3 is 15.6 Å². The van der Waals surface area contributed by atoms with Gasteiger partial charge in [-0.05, 0) is 18.9 Å². The molecule has 0 atom stereocenters. The Hall–Kier alpha value is -0.810. The van der Waals surface area contributed by atoms with Crippen LogP contribution < -0.4 is 10.5 Å². The highest BCUT2D eigenvalue weighted by Crippen LogP contribution is 2.49. The molecule has 1 aromatic rings. The highest BCUT2D eigenvalue weighted by atomic mass is 79.9. The van der Waals surface area contributed by atoms with Gasteiger partial charge in [0.15, 0.2) is 17.3 Å². The third-order valence-corrected chi connectivity index (χ3v) is 4.22. The summed E-state index contributed by atoms with van der Waals surface area (Å²) < 4.78 is 19.8. The standard InChI is InChI=1S/C12H15BrFNO2/c1-17-11-8(16)5-7(13)9(10(11)14)12(6-15)3-2-4-12/h5,16H,2-4,6,15H2,1H3. The first-order valence-corrected chi connectivity index (χ1v) is 6.30. The van der Waals surface area contributed by atoms with Crippen molar-refractivity contribution in [1.82, 2.24) is 0 Å². The summed E-state index contributed by atoms with van der Waals surface area (Å²) in [6.07, 6.45) is 2.78. The molecule has 1 aliphatic rings. The minimum Gasteiger partial charge on any atom is -0.504 e. The molecular formula is C12H15BrFNO2. The molecule has 17 heavy (non-hydrogen) atoms. The van der Waals surface area contributed by atoms with E-state index in [1.54, 1.807) is 0 Å². The van der Waals surface area contributed by atoms with E-state index < -0.39 is 5.82 Å². The van der Waals surface area contributed by atoms with E-state index in [0.717, 1.165) is 19.3 Å². The van der Waals surface area contributed by atoms with Gasteiger partial charge in [0, 0.05) is 22.0 Å². The summed E-state index contributed by atoms with van der Waals surface area (Å²) in [7, 11) is 1.34. The molecule has 0 saturated heterocycles. The van der Waals surface area contributed by atoms with Gasteiger partial charge in [-0.15, -0.1) is 0 Å². The van der Waals surface area contributed by atoms with Crippen LogP contribution in [0.4, 0.5) is 4.39 Å². The van der Waals surface area contributed by atoms with E-state index >= 15 is 0 Å². The first kappa shape index (κ1) is 12.6. The number of rotatable bonds is 3. The Bertz CT molecular complexity index is 441. The van der Waals surface area contributed by atoms with Crippen LogP contribution in [0.1, 0.15) is 24.8 Å². The number of phenolic OH excluding ortho intramolecular Hbond substituents is 1. The van der Waals surface area contributed by atoms with Crippen LogP contribution in [0.15, 0.2) is 10.5 Å². The summed E-state index contributed by atoms with van der Waals surface area (Å²) in [5.74, 6) is -0.820. The molecule has 5 heteroatoms. The SMILES string of the molecule is COc1c(O)cc(Br)c(C2(CN)CCC2)c1F. The normalized spacial score (nSPS) is 17.6. The van der Waals surface area contributed by atoms with E-state index in [9.17, 15) is 9.50 Å². The van der Waals surface area contributed by atoms with Crippen LogP contribution in [-0.2, 0) is 5.41 Å². The molecule has 3 N–H and O–H groups in total. The van der Waals surface area contributed by atoms with Gasteiger partial charge in [-0.2, -0.15) is 0 Å². The highest BCUT2D eigenvalue weighted by Gasteiger charge is 2.42. The first-order valence-electron chi connectivity index (χ1n) is 5.51. The summed E-state index contributed by atoms with van der Waals surface area (Å²) in [4.78, 5) is 0. The molecule has 0 amide bonds. The molecule has 1 fully saturated rings. The zero-order chi connectivity index (χ0) is 12.6. The number of hydrogen-bond donors (Lipinski definition) is 2. The third-order valence-electron chi connectivity index (χ3n) is 3.59. The summed E-state index contributed by atoms with van der Waals surface area (Å²) in [5, 5.41) is 9.60. The number of ether oxygens (including phenoxy) is 1. The minimum atomic E-state index is -0.510. The highest BCUT2D eigenvalue weighted by molar-refractivity contribution is 9.10. The smallest absolute Gasteiger partial charge is 0.196 e. The van der Waals surface area contributed by atoms with Crippen molar-refractivity contribution in [3.05, 3.63) is 21.9 Å². The van der Waals surface area contributed by atoms with Crippen molar-refractivity contribution in [1.29, 1.82) is 0 Å². The lowest BCUT2D eigenvalue weighted by atomic mass is 9.64. The molecule has 0 bridgehead atoms. The number of nitrogens with two attached hydrogens (primary N) is 1. The van der Waals surface area contributed by atoms with Crippen LogP contribution in [0.2, 0.25) is 0 Å². The van der Waals surface area contributed by atoms with Crippen LogP contribution in [0.25, 0.3) is 0 Å². The molecule has 94 valence electrons. The zero-order valence-corrected chi connectivity index (χ0v) is 11.2. The van der Waals surface area contributed by atoms with Crippen molar-refractivity contribution in [3.63, 3.8) is 0 Å². The van der Waals surface area contributed by atoms with Crippen LogP contribution in [0.3, 0.4) is 0 Å². The average Bonchev–Trinajstić information content (AvgIpc) is 2.21. The van der Waals surface area contributed by atoms with Gasteiger partial charge in [0.1, 0.15) is 0 Å². The van der Waals surface area contributed by atoms with E-state index in [-0.39, 0.29) is 16.9 Å². The van der Waals surface area contributed by atoms with Gasteiger partial charge in [0.25, 0.3) is 0 Å². The van der Waals surface area contributed by atoms with Crippen molar-refractivity contribution in [2.75, 3.05) is 13.7 Å². The van der Waals surface area contributed by atoms with E-state index in [2.05, 4.69) is 15.9 Å². The van der Waals surface area contributed by atoms with Gasteiger partial charge in [0.05, 0.1) is 7.11 Å². The Balaban J connectivity index is 2.61. The number of methoxy groups -OCH3 is 1. The molecule has 1 aromatic carbocycles. The fourth-order valence-electron chi connectivity index (χ4n) is 2.43. The fourth-order valence-corrected chi connectivity index (χ4v) is 3.24. The Kier molecular flexibility index (Phi) is 3.32. The fraction of sp³-hybridized carbons (Fsp3) is 0.500. The Morgan fingerprint density at radius 2 is 2.24 bits per heavy atom. The Morgan fingerprint density at radius 1 is 1.59 bits per heavy atom. The van der Waals surface area contributed by atoms with Gasteiger partial charge in [-0.3, -0.25) is 0 Å². The molecule has 0 aliphatic heterocycles. The van der Waals surface area contributed by atoms with Crippen LogP contribution in [0.5, 0.6) is 11.5 Å². The number of aromatic hydroxyl groups is 1. The molecule has 2 rings (SSSR count). The summed E-state index contributed by atoms with van der Waals surface area (Å²) in [6.45, 7) is 0.399. The second-order valence-corrected chi connectivity index (χ2v) is 5.29. The molecular weight excluding hydrogens is 289 g/mol. The van der Waals surface area contributed by atoms with Gasteiger partial charge in [-0.25, -0.2) is 4.39 Å². The third kappa shape index (κ3) is 1.81. The molecule has 1 aliphatic carbocycles. The monoisotopic (exact) mass is 303 g/mol. The maximum Gasteiger partial charge on any atom is 0.196 e. The molecule has 0 unspecified atom stereocenters. The molecule has 0 aromatic heterocycles. The quantitative estimate of drug-likeness (QED) is 0.902. The predicted octanol–water partition coefficient (Wildman–Crippen LogP) is 2.68. The topological polar surface area (TPSA) is 55.5 Å². The van der Waals surface area contributed by atoms with E-state index in [4.69, 9.17) is 10.5 Å². The average molecular weight is 304 g/mol. The lowest BCUT2D eigenvalue weighted by Gasteiger charge is -2.42. The lowest BCUT2D eigenvalue weighted by Crippen LogP contribution is -2.42. The van der Waals surface area contributed by atoms with Crippen molar-refractivity contribution >= 4 is 15.9 Å². The summed E-state index contributed by atoms with van der Waals surface area (Å²) >= 11 is 3.30. The molecule has 0 heterocycles. The molecule has 0 radical (unpaired) electrons. The minimum absolute atomic E-state index is 0.108. The Labute approximate surface area is 108 Å². The molecule has 1 saturated carbocycles. The summed E-state index contributed by atoms with van der Waals surface area (Å²) in [6, 6.07) is 1.47. The molecule has 0 spiro atoms. The van der Waals surface area contributed by atoms with Crippen molar-refractivity contribution in [2.24, 2.45) is 5.73 Å². The Morgan fingerprint density at radius 3 is 2.65 bits per heavy atom. The van der Waals surface area contributed by atoms with Gasteiger partial charge in [-0.1, -0.05) is 22.4 Å². The second kappa shape index (κ2) is 4.46. The van der Waals surface area contributed by atoms with E-state index in [1.807, 2.05) is 0 Å². The largest absolute Gasteiger partial charge is 0.504 e. The maximum absolute atomic E-state index is 14.3. The van der Waals surface area contributed by atoms with Crippen LogP contribution >= 0.6 is 15.9 Å². The number of benzene rings is 1. The van der Waals surface area contributed by atoms with E-state index in [1.165, 1.54) is 13.2 Å². The molecule has 3 nitrogen and oxygen atoms in total. The zero-order valence-electron chi connectivity index (χ0n) is 9.59. The van der Waals surface area contributed by atoms with E-state index in [0.29, 0.717) is 16.6 Å². The van der Waals surface area contributed by atoms with Gasteiger partial charge in [0.2, 0.25) is 0 Å². The van der Waals surface area contributed by atoms with Crippen molar-refractivity contribution in [3.8, 4) is 11.5 Å². The van der Waals surface area contributed by atoms with Crippen molar-refractivity contribution < 1.29 is 14.2 Å². The predicted molar refractivity (Wildman–Crippen MR) is 66.9 cm³/mol. The first-order chi connectivity index (χ1) is 8.05. The van der Waals surface area contributed by atoms with Crippen LogP contribution in [0, 0.1) is 5.82 Å². The number of halogens is 2. The van der Waals surface area contributed by atoms with Gasteiger partial charge >= 0.3 is 0 Å². The number of hydrogen-bond acceptors (Lipinski definition) is 3. The lowest BCUT2D eigenvalue weighted by molar-refractivity contribution is 0.239. The van der Waals surface area contributed by atoms with Crippen LogP contribution in [-0.4, -0.2) is 18.8 Å². The summed E-state index contributed by atoms with van der Waals surface area (Å²) in [5.41, 5.74) is 5.99. The van der Waals surface area contributed by atoms with Crippen molar-refractivity contribution in [2.45, 2.75) is 24.7 Å². The maximum atomic E-state index is 14.3. The number of phenols is 1.